The minimum absolute atomic E-state index is 0.0321. The summed E-state index contributed by atoms with van der Waals surface area (Å²) in [4.78, 5) is 0. The zero-order valence-corrected chi connectivity index (χ0v) is 22.9. The van der Waals surface area contributed by atoms with E-state index in [1.807, 2.05) is 54.6 Å². The van der Waals surface area contributed by atoms with Crippen LogP contribution in [0.4, 0.5) is 0 Å². The highest BCUT2D eigenvalue weighted by molar-refractivity contribution is 9.10. The summed E-state index contributed by atoms with van der Waals surface area (Å²) in [6.45, 7) is 0.310. The van der Waals surface area contributed by atoms with Crippen molar-refractivity contribution in [2.45, 2.75) is 6.61 Å². The summed E-state index contributed by atoms with van der Waals surface area (Å²) in [7, 11) is 6.11. The fraction of sp³-hybridized carbons (Fsp3) is 0.333. The van der Waals surface area contributed by atoms with Crippen molar-refractivity contribution in [3.63, 3.8) is 0 Å². The van der Waals surface area contributed by atoms with Gasteiger partial charge in [0.25, 0.3) is 0 Å². The van der Waals surface area contributed by atoms with Gasteiger partial charge in [-0.05, 0) is 39.2 Å². The monoisotopic (exact) mass is 578 g/mol. The predicted octanol–water partition coefficient (Wildman–Crippen LogP) is 5.63. The Labute approximate surface area is 225 Å². The minimum atomic E-state index is -0.0386. The molecule has 0 unspecified atom stereocenters. The second-order valence-corrected chi connectivity index (χ2v) is 8.30. The lowest BCUT2D eigenvalue weighted by Crippen LogP contribution is -2.11. The average molecular weight is 579 g/mol. The van der Waals surface area contributed by atoms with Gasteiger partial charge in [0.1, 0.15) is 16.8 Å². The molecule has 0 spiro atoms. The maximum atomic E-state index is 5.99. The van der Waals surface area contributed by atoms with E-state index in [1.165, 1.54) is 28.4 Å². The van der Waals surface area contributed by atoms with Crippen LogP contribution in [0.2, 0.25) is 0 Å². The van der Waals surface area contributed by atoms with E-state index >= 15 is 0 Å². The second-order valence-electron chi connectivity index (χ2n) is 7.51. The van der Waals surface area contributed by atoms with Crippen LogP contribution in [0.3, 0.4) is 0 Å². The number of halogens is 1. The molecule has 0 N–H and O–H groups in total. The van der Waals surface area contributed by atoms with Crippen molar-refractivity contribution in [1.29, 1.82) is 0 Å². The van der Waals surface area contributed by atoms with Gasteiger partial charge in [-0.25, -0.2) is 0 Å². The van der Waals surface area contributed by atoms with Gasteiger partial charge in [-0.15, -0.1) is 0 Å². The van der Waals surface area contributed by atoms with Gasteiger partial charge in [-0.1, -0.05) is 42.5 Å². The Morgan fingerprint density at radius 2 is 1.00 bits per heavy atom. The van der Waals surface area contributed by atoms with Gasteiger partial charge < -0.3 is 42.6 Å². The van der Waals surface area contributed by atoms with E-state index in [2.05, 4.69) is 15.9 Å². The van der Waals surface area contributed by atoms with E-state index < -0.39 is 0 Å². The van der Waals surface area contributed by atoms with E-state index in [1.54, 1.807) is 0 Å². The average Bonchev–Trinajstić information content (AvgIpc) is 2.93. The molecule has 0 aliphatic rings. The molecule has 0 aromatic heterocycles. The lowest BCUT2D eigenvalue weighted by molar-refractivity contribution is 0.0243. The first-order chi connectivity index (χ1) is 18.1. The van der Waals surface area contributed by atoms with E-state index in [0.717, 1.165) is 11.1 Å². The summed E-state index contributed by atoms with van der Waals surface area (Å²) >= 11 is 3.57. The summed E-state index contributed by atoms with van der Waals surface area (Å²) in [5.74, 6) is 2.11. The van der Waals surface area contributed by atoms with Crippen molar-refractivity contribution in [3.8, 4) is 39.9 Å². The zero-order valence-electron chi connectivity index (χ0n) is 21.3. The molecule has 0 saturated carbocycles. The van der Waals surface area contributed by atoms with Crippen LogP contribution in [0.5, 0.6) is 28.7 Å². The Kier molecular flexibility index (Phi) is 11.8. The predicted molar refractivity (Wildman–Crippen MR) is 140 cm³/mol. The standard InChI is InChI=1S/C27H31BrO9/c1-29-15-34-24-22(20-10-12-21(13-11-20)33-14-19-8-6-5-7-9-19)25(35-16-30-2)27(37-18-32-4)23(28)26(24)36-17-31-3/h5-13H,14-18H2,1-4H3. The van der Waals surface area contributed by atoms with Crippen LogP contribution in [0.25, 0.3) is 11.1 Å². The van der Waals surface area contributed by atoms with Crippen LogP contribution in [-0.4, -0.2) is 55.6 Å². The molecule has 3 aromatic carbocycles. The third kappa shape index (κ3) is 7.73. The molecule has 0 heterocycles. The van der Waals surface area contributed by atoms with Gasteiger partial charge in [0.05, 0.1) is 5.56 Å². The Hall–Kier alpha value is -3.02. The van der Waals surface area contributed by atoms with E-state index in [9.17, 15) is 0 Å². The Balaban J connectivity index is 2.10. The van der Waals surface area contributed by atoms with E-state index in [4.69, 9.17) is 42.6 Å². The van der Waals surface area contributed by atoms with Crippen molar-refractivity contribution in [2.75, 3.05) is 55.6 Å². The highest BCUT2D eigenvalue weighted by Gasteiger charge is 2.29. The van der Waals surface area contributed by atoms with E-state index in [0.29, 0.717) is 45.4 Å². The van der Waals surface area contributed by atoms with Crippen LogP contribution in [-0.2, 0) is 25.6 Å². The van der Waals surface area contributed by atoms with Crippen molar-refractivity contribution in [2.24, 2.45) is 0 Å². The molecule has 3 aromatic rings. The van der Waals surface area contributed by atoms with Crippen LogP contribution >= 0.6 is 15.9 Å². The second kappa shape index (κ2) is 15.3. The molecular formula is C27H31BrO9. The molecule has 9 nitrogen and oxygen atoms in total. The van der Waals surface area contributed by atoms with Crippen LogP contribution in [0.15, 0.2) is 59.1 Å². The highest BCUT2D eigenvalue weighted by atomic mass is 79.9. The topological polar surface area (TPSA) is 83.1 Å². The van der Waals surface area contributed by atoms with Crippen molar-refractivity contribution in [3.05, 3.63) is 64.6 Å². The summed E-state index contributed by atoms with van der Waals surface area (Å²) in [6.07, 6.45) is 0. The van der Waals surface area contributed by atoms with Crippen molar-refractivity contribution >= 4 is 15.9 Å². The summed E-state index contributed by atoms with van der Waals surface area (Å²) in [5.41, 5.74) is 2.38. The first-order valence-electron chi connectivity index (χ1n) is 11.3. The third-order valence-electron chi connectivity index (χ3n) is 4.94. The third-order valence-corrected chi connectivity index (χ3v) is 5.66. The molecule has 0 aliphatic heterocycles. The molecule has 200 valence electrons. The number of rotatable bonds is 16. The summed E-state index contributed by atoms with van der Waals surface area (Å²) < 4.78 is 50.8. The molecule has 0 radical (unpaired) electrons. The molecule has 0 atom stereocenters. The number of benzene rings is 3. The molecule has 0 aliphatic carbocycles. The molecule has 10 heteroatoms. The molecule has 0 fully saturated rings. The van der Waals surface area contributed by atoms with Gasteiger partial charge in [-0.3, -0.25) is 0 Å². The molecule has 0 amide bonds. The normalized spacial score (nSPS) is 10.7. The Morgan fingerprint density at radius 1 is 0.541 bits per heavy atom. The fourth-order valence-corrected chi connectivity index (χ4v) is 3.95. The Bertz CT molecular complexity index is 1050. The zero-order chi connectivity index (χ0) is 26.5. The summed E-state index contributed by atoms with van der Waals surface area (Å²) in [5, 5.41) is 0. The first-order valence-corrected chi connectivity index (χ1v) is 12.1. The highest BCUT2D eigenvalue weighted by Crippen LogP contribution is 2.55. The SMILES string of the molecule is COCOc1c(Br)c(OCOC)c(OCOC)c(-c2ccc(OCc3ccccc3)cc2)c1OCOC. The Morgan fingerprint density at radius 3 is 1.46 bits per heavy atom. The quantitative estimate of drug-likeness (QED) is 0.201. The lowest BCUT2D eigenvalue weighted by atomic mass is 10.0. The minimum Gasteiger partial charge on any atom is -0.489 e. The molecule has 0 bridgehead atoms. The van der Waals surface area contributed by atoms with Crippen molar-refractivity contribution in [1.82, 2.24) is 0 Å². The number of hydrogen-bond acceptors (Lipinski definition) is 9. The van der Waals surface area contributed by atoms with Gasteiger partial charge in [-0.2, -0.15) is 0 Å². The van der Waals surface area contributed by atoms with Gasteiger partial charge in [0.15, 0.2) is 50.2 Å². The number of hydrogen-bond donors (Lipinski definition) is 0. The van der Waals surface area contributed by atoms with Gasteiger partial charge >= 0.3 is 0 Å². The molecular weight excluding hydrogens is 548 g/mol. The van der Waals surface area contributed by atoms with Crippen LogP contribution < -0.4 is 23.7 Å². The number of ether oxygens (including phenoxy) is 9. The fourth-order valence-electron chi connectivity index (χ4n) is 3.36. The summed E-state index contributed by atoms with van der Waals surface area (Å²) in [6, 6.07) is 17.5. The lowest BCUT2D eigenvalue weighted by Gasteiger charge is -2.24. The molecule has 3 rings (SSSR count). The van der Waals surface area contributed by atoms with Crippen LogP contribution in [0.1, 0.15) is 5.56 Å². The van der Waals surface area contributed by atoms with Crippen molar-refractivity contribution < 1.29 is 42.6 Å². The smallest absolute Gasteiger partial charge is 0.188 e. The largest absolute Gasteiger partial charge is 0.489 e. The number of methoxy groups -OCH3 is 4. The van der Waals surface area contributed by atoms with Gasteiger partial charge in [0, 0.05) is 28.4 Å². The maximum absolute atomic E-state index is 5.99. The first kappa shape index (κ1) is 28.5. The molecule has 0 saturated heterocycles. The van der Waals surface area contributed by atoms with Gasteiger partial charge in [0.2, 0.25) is 0 Å². The van der Waals surface area contributed by atoms with E-state index in [-0.39, 0.29) is 27.2 Å². The molecule has 37 heavy (non-hydrogen) atoms. The van der Waals surface area contributed by atoms with Crippen LogP contribution in [0, 0.1) is 0 Å². The maximum Gasteiger partial charge on any atom is 0.188 e.